The van der Waals surface area contributed by atoms with Crippen molar-refractivity contribution in [1.82, 2.24) is 15.3 Å². The number of amides is 1. The Morgan fingerprint density at radius 3 is 2.75 bits per heavy atom. The summed E-state index contributed by atoms with van der Waals surface area (Å²) in [6.45, 7) is 1.94. The number of ketones is 1. The van der Waals surface area contributed by atoms with Crippen LogP contribution in [-0.2, 0) is 19.1 Å². The van der Waals surface area contributed by atoms with E-state index in [9.17, 15) is 19.2 Å². The summed E-state index contributed by atoms with van der Waals surface area (Å²) in [6, 6.07) is 10.3. The van der Waals surface area contributed by atoms with Gasteiger partial charge < -0.3 is 20.4 Å². The van der Waals surface area contributed by atoms with Gasteiger partial charge in [0.25, 0.3) is 11.5 Å². The predicted molar refractivity (Wildman–Crippen MR) is 120 cm³/mol. The van der Waals surface area contributed by atoms with Crippen molar-refractivity contribution in [3.05, 3.63) is 63.0 Å². The maximum absolute atomic E-state index is 12.9. The number of Topliss-reactive ketones (excluding diaryl/α,β-unsaturated/α-hetero) is 1. The molecule has 1 aliphatic heterocycles. The minimum atomic E-state index is -1.82. The molecule has 0 bridgehead atoms. The van der Waals surface area contributed by atoms with E-state index in [1.807, 2.05) is 25.1 Å². The minimum absolute atomic E-state index is 0.296. The molecule has 0 saturated carbocycles. The molecule has 0 fully saturated rings. The van der Waals surface area contributed by atoms with Crippen LogP contribution in [0.3, 0.4) is 0 Å². The van der Waals surface area contributed by atoms with E-state index in [-0.39, 0.29) is 0 Å². The van der Waals surface area contributed by atoms with E-state index >= 15 is 0 Å². The lowest BCUT2D eigenvalue weighted by molar-refractivity contribution is -0.149. The normalized spacial score (nSPS) is 15.5. The van der Waals surface area contributed by atoms with Crippen molar-refractivity contribution in [1.29, 1.82) is 0 Å². The number of fused-ring (bicyclic) bond motifs is 2. The predicted octanol–water partition coefficient (Wildman–Crippen LogP) is 2.33. The van der Waals surface area contributed by atoms with Crippen LogP contribution in [0.2, 0.25) is 5.02 Å². The number of carbonyl (C=O) groups excluding carboxylic acids is 3. The van der Waals surface area contributed by atoms with Crippen LogP contribution < -0.4 is 16.2 Å². The quantitative estimate of drug-likeness (QED) is 0.293. The van der Waals surface area contributed by atoms with Gasteiger partial charge in [0.15, 0.2) is 11.4 Å². The number of anilines is 1. The number of methoxy groups -OCH3 is 1. The third-order valence-corrected chi connectivity index (χ3v) is 6.11. The van der Waals surface area contributed by atoms with Crippen molar-refractivity contribution in [3.8, 4) is 0 Å². The average molecular weight is 473 g/mol. The highest BCUT2D eigenvalue weighted by Gasteiger charge is 2.39. The van der Waals surface area contributed by atoms with Crippen LogP contribution in [0.15, 0.2) is 46.1 Å². The second kappa shape index (κ2) is 8.64. The second-order valence-corrected chi connectivity index (χ2v) is 8.63. The molecule has 32 heavy (non-hydrogen) atoms. The van der Waals surface area contributed by atoms with E-state index in [0.29, 0.717) is 16.1 Å². The largest absolute Gasteiger partial charge is 0.468 e. The van der Waals surface area contributed by atoms with Crippen LogP contribution in [-0.4, -0.2) is 40.2 Å². The number of halogens is 1. The molecule has 2 heterocycles. The highest BCUT2D eigenvalue weighted by molar-refractivity contribution is 8.00. The first-order chi connectivity index (χ1) is 15.3. The number of benzene rings is 2. The summed E-state index contributed by atoms with van der Waals surface area (Å²) in [4.78, 5) is 58.2. The number of hydrogen-bond donors (Lipinski definition) is 3. The molecule has 1 amide bonds. The highest BCUT2D eigenvalue weighted by atomic mass is 35.5. The van der Waals surface area contributed by atoms with Gasteiger partial charge in [0, 0.05) is 9.92 Å². The number of aryl methyl sites for hydroxylation is 1. The van der Waals surface area contributed by atoms with Gasteiger partial charge in [0.1, 0.15) is 5.69 Å². The molecule has 164 valence electrons. The molecular formula is C21H17ClN4O5S. The summed E-state index contributed by atoms with van der Waals surface area (Å²) in [6.07, 6.45) is 0. The fourth-order valence-electron chi connectivity index (χ4n) is 3.26. The number of hydrogen-bond acceptors (Lipinski definition) is 8. The molecule has 0 unspecified atom stereocenters. The van der Waals surface area contributed by atoms with Crippen molar-refractivity contribution >= 4 is 57.7 Å². The number of aromatic amines is 1. The molecule has 11 heteroatoms. The Bertz CT molecular complexity index is 1330. The Labute approximate surface area is 190 Å². The third-order valence-electron chi connectivity index (χ3n) is 4.81. The van der Waals surface area contributed by atoms with Crippen LogP contribution in [0, 0.1) is 6.92 Å². The van der Waals surface area contributed by atoms with Crippen LogP contribution in [0.25, 0.3) is 11.0 Å². The van der Waals surface area contributed by atoms with Gasteiger partial charge in [-0.25, -0.2) is 4.98 Å². The first-order valence-electron chi connectivity index (χ1n) is 9.42. The average Bonchev–Trinajstić information content (AvgIpc) is 3.15. The smallest absolute Gasteiger partial charge is 0.323 e. The zero-order valence-electron chi connectivity index (χ0n) is 16.9. The lowest BCUT2D eigenvalue weighted by atomic mass is 9.99. The van der Waals surface area contributed by atoms with Crippen LogP contribution in [0.4, 0.5) is 5.69 Å². The summed E-state index contributed by atoms with van der Waals surface area (Å²) in [7, 11) is 1.06. The van der Waals surface area contributed by atoms with E-state index in [1.165, 1.54) is 23.9 Å². The van der Waals surface area contributed by atoms with Crippen molar-refractivity contribution in [2.75, 3.05) is 12.4 Å². The Hall–Kier alpha value is -3.37. The van der Waals surface area contributed by atoms with Gasteiger partial charge in [-0.2, -0.15) is 0 Å². The first kappa shape index (κ1) is 21.8. The summed E-state index contributed by atoms with van der Waals surface area (Å²) in [5, 5.41) is 5.99. The lowest BCUT2D eigenvalue weighted by Gasteiger charge is -2.16. The Morgan fingerprint density at radius 2 is 2.00 bits per heavy atom. The van der Waals surface area contributed by atoms with E-state index in [2.05, 4.69) is 25.3 Å². The van der Waals surface area contributed by atoms with Gasteiger partial charge in [-0.15, -0.1) is 0 Å². The number of rotatable bonds is 5. The summed E-state index contributed by atoms with van der Waals surface area (Å²) in [5.41, 5.74) is 0.636. The molecule has 9 nitrogen and oxygen atoms in total. The first-order valence-corrected chi connectivity index (χ1v) is 10.7. The fraction of sp³-hybridized carbons (Fsp3) is 0.190. The molecule has 1 aliphatic rings. The maximum atomic E-state index is 12.9. The van der Waals surface area contributed by atoms with E-state index in [4.69, 9.17) is 11.6 Å². The SMILES string of the molecule is COC(=O)[C@@H](C(=O)C(=O)N[C@@H]1Nc2ccc(C)cc2S1)c1nc2ccc(Cl)cc2[nH]c1=O. The zero-order chi connectivity index (χ0) is 23.0. The molecule has 0 radical (unpaired) electrons. The molecule has 0 saturated heterocycles. The number of carbonyl (C=O) groups is 3. The van der Waals surface area contributed by atoms with Gasteiger partial charge in [-0.05, 0) is 42.8 Å². The van der Waals surface area contributed by atoms with Crippen molar-refractivity contribution in [3.63, 3.8) is 0 Å². The van der Waals surface area contributed by atoms with E-state index in [0.717, 1.165) is 23.3 Å². The molecule has 2 aromatic carbocycles. The molecule has 4 rings (SSSR count). The molecule has 0 aliphatic carbocycles. The van der Waals surface area contributed by atoms with Crippen molar-refractivity contribution in [2.45, 2.75) is 23.2 Å². The highest BCUT2D eigenvalue weighted by Crippen LogP contribution is 2.37. The molecule has 3 aromatic rings. The van der Waals surface area contributed by atoms with Crippen LogP contribution >= 0.6 is 23.4 Å². The maximum Gasteiger partial charge on any atom is 0.323 e. The summed E-state index contributed by atoms with van der Waals surface area (Å²) < 4.78 is 4.68. The number of H-pyrrole nitrogens is 1. The summed E-state index contributed by atoms with van der Waals surface area (Å²) in [5.74, 6) is -5.09. The Morgan fingerprint density at radius 1 is 1.22 bits per heavy atom. The number of esters is 1. The molecule has 2 atom stereocenters. The Kier molecular flexibility index (Phi) is 5.90. The molecule has 1 aromatic heterocycles. The molecule has 0 spiro atoms. The molecular weight excluding hydrogens is 456 g/mol. The zero-order valence-corrected chi connectivity index (χ0v) is 18.5. The minimum Gasteiger partial charge on any atom is -0.468 e. The number of nitrogens with zero attached hydrogens (tertiary/aromatic N) is 1. The fourth-order valence-corrected chi connectivity index (χ4v) is 4.55. The van der Waals surface area contributed by atoms with Crippen molar-refractivity contribution in [2.24, 2.45) is 0 Å². The van der Waals surface area contributed by atoms with Crippen LogP contribution in [0.5, 0.6) is 0 Å². The number of aromatic nitrogens is 2. The molecule has 3 N–H and O–H groups in total. The standard InChI is InChI=1S/C21H17ClN4O5S/c1-9-3-5-12-14(7-9)32-21(25-12)26-19(29)17(27)15(20(30)31-2)16-18(28)24-13-8-10(22)4-6-11(13)23-16/h3-8,15,21,25H,1-2H3,(H,24,28)(H,26,29)/t15-,21+/m1/s1. The number of ether oxygens (including phenoxy) is 1. The number of thioether (sulfide) groups is 1. The van der Waals surface area contributed by atoms with Crippen molar-refractivity contribution < 1.29 is 19.1 Å². The van der Waals surface area contributed by atoms with Gasteiger partial charge in [0.05, 0.1) is 23.8 Å². The van der Waals surface area contributed by atoms with E-state index < -0.39 is 40.3 Å². The monoisotopic (exact) mass is 472 g/mol. The van der Waals surface area contributed by atoms with Gasteiger partial charge in [-0.3, -0.25) is 19.2 Å². The Balaban J connectivity index is 1.60. The third kappa shape index (κ3) is 4.19. The van der Waals surface area contributed by atoms with Crippen LogP contribution in [0.1, 0.15) is 17.2 Å². The van der Waals surface area contributed by atoms with Gasteiger partial charge in [-0.1, -0.05) is 29.4 Å². The topological polar surface area (TPSA) is 130 Å². The van der Waals surface area contributed by atoms with Gasteiger partial charge >= 0.3 is 5.97 Å². The lowest BCUT2D eigenvalue weighted by Crippen LogP contribution is -2.44. The van der Waals surface area contributed by atoms with Gasteiger partial charge in [0.2, 0.25) is 5.78 Å². The second-order valence-electron chi connectivity index (χ2n) is 7.05. The number of nitrogens with one attached hydrogen (secondary N) is 3. The van der Waals surface area contributed by atoms with E-state index in [1.54, 1.807) is 6.07 Å². The summed E-state index contributed by atoms with van der Waals surface area (Å²) >= 11 is 7.24.